The van der Waals surface area contributed by atoms with Crippen LogP contribution in [0.15, 0.2) is 5.29 Å². The number of nitrogens with zero attached hydrogens (tertiary/aromatic N) is 3. The van der Waals surface area contributed by atoms with Crippen LogP contribution in [0.3, 0.4) is 0 Å². The van der Waals surface area contributed by atoms with Gasteiger partial charge in [0.1, 0.15) is 0 Å². The average molecular weight is 199 g/mol. The zero-order valence-corrected chi connectivity index (χ0v) is 9.44. The van der Waals surface area contributed by atoms with Crippen LogP contribution in [-0.4, -0.2) is 41.6 Å². The molecule has 2 unspecified atom stereocenters. The molecule has 0 aromatic heterocycles. The van der Waals surface area contributed by atoms with E-state index in [4.69, 9.17) is 0 Å². The number of piperazine rings is 1. The minimum atomic E-state index is 0.258. The van der Waals surface area contributed by atoms with Crippen molar-refractivity contribution < 1.29 is 0 Å². The Bertz CT molecular complexity index is 174. The summed E-state index contributed by atoms with van der Waals surface area (Å²) in [6, 6.07) is 0.515. The number of hydrogen-bond donors (Lipinski definition) is 0. The van der Waals surface area contributed by atoms with Gasteiger partial charge < -0.3 is 0 Å². The van der Waals surface area contributed by atoms with Gasteiger partial charge >= 0.3 is 0 Å². The number of rotatable bonds is 4. The van der Waals surface area contributed by atoms with Gasteiger partial charge in [-0.25, -0.2) is 0 Å². The first-order valence-electron chi connectivity index (χ1n) is 5.53. The molecule has 0 aromatic carbocycles. The summed E-state index contributed by atoms with van der Waals surface area (Å²) < 4.78 is 0. The van der Waals surface area contributed by atoms with Gasteiger partial charge in [0.25, 0.3) is 0 Å². The van der Waals surface area contributed by atoms with Crippen LogP contribution >= 0.6 is 0 Å². The summed E-state index contributed by atoms with van der Waals surface area (Å²) in [5.74, 6) is 0. The van der Waals surface area contributed by atoms with Gasteiger partial charge in [-0.3, -0.25) is 9.91 Å². The molecule has 1 heterocycles. The van der Waals surface area contributed by atoms with Gasteiger partial charge in [0.05, 0.1) is 17.4 Å². The second-order valence-electron chi connectivity index (χ2n) is 4.27. The lowest BCUT2D eigenvalue weighted by Gasteiger charge is -2.40. The molecule has 4 heteroatoms. The number of hydrogen-bond acceptors (Lipinski definition) is 3. The molecule has 1 aliphatic rings. The minimum Gasteiger partial charge on any atom is -0.299 e. The molecule has 0 bridgehead atoms. The molecule has 0 saturated carbocycles. The van der Waals surface area contributed by atoms with Crippen molar-refractivity contribution in [2.45, 2.75) is 45.7 Å². The average Bonchev–Trinajstić information content (AvgIpc) is 2.14. The fourth-order valence-electron chi connectivity index (χ4n) is 2.15. The molecule has 82 valence electrons. The lowest BCUT2D eigenvalue weighted by molar-refractivity contribution is 0.0391. The fourth-order valence-corrected chi connectivity index (χ4v) is 2.15. The van der Waals surface area contributed by atoms with E-state index in [2.05, 4.69) is 31.0 Å². The van der Waals surface area contributed by atoms with Crippen LogP contribution in [0, 0.1) is 4.91 Å². The van der Waals surface area contributed by atoms with Crippen molar-refractivity contribution in [3.05, 3.63) is 4.91 Å². The second-order valence-corrected chi connectivity index (χ2v) is 4.27. The lowest BCUT2D eigenvalue weighted by atomic mass is 10.1. The first-order valence-corrected chi connectivity index (χ1v) is 5.53. The van der Waals surface area contributed by atoms with Crippen molar-refractivity contribution in [3.8, 4) is 0 Å². The predicted molar refractivity (Wildman–Crippen MR) is 57.9 cm³/mol. The standard InChI is InChI=1S/C10H21N3O/c1-4-5-6-12-7-9(2)13(11-14)10(3)8-12/h9-10H,4-8H2,1-3H3. The Kier molecular flexibility index (Phi) is 4.32. The number of unbranched alkanes of at least 4 members (excludes halogenated alkanes) is 1. The summed E-state index contributed by atoms with van der Waals surface area (Å²) >= 11 is 0. The zero-order valence-electron chi connectivity index (χ0n) is 9.44. The fraction of sp³-hybridized carbons (Fsp3) is 1.00. The van der Waals surface area contributed by atoms with Crippen LogP contribution in [0.5, 0.6) is 0 Å². The van der Waals surface area contributed by atoms with Crippen molar-refractivity contribution in [1.29, 1.82) is 0 Å². The van der Waals surface area contributed by atoms with E-state index in [1.54, 1.807) is 5.01 Å². The topological polar surface area (TPSA) is 35.9 Å². The summed E-state index contributed by atoms with van der Waals surface area (Å²) in [6.07, 6.45) is 2.48. The predicted octanol–water partition coefficient (Wildman–Crippen LogP) is 1.86. The van der Waals surface area contributed by atoms with Crippen molar-refractivity contribution in [2.75, 3.05) is 19.6 Å². The molecule has 0 spiro atoms. The smallest absolute Gasteiger partial charge is 0.0605 e. The van der Waals surface area contributed by atoms with E-state index in [9.17, 15) is 4.91 Å². The lowest BCUT2D eigenvalue weighted by Crippen LogP contribution is -2.54. The summed E-state index contributed by atoms with van der Waals surface area (Å²) in [7, 11) is 0. The summed E-state index contributed by atoms with van der Waals surface area (Å²) in [5, 5.41) is 4.76. The zero-order chi connectivity index (χ0) is 10.6. The SMILES string of the molecule is CCCCN1CC(C)N(N=O)C(C)C1. The summed E-state index contributed by atoms with van der Waals surface area (Å²) in [5.41, 5.74) is 0. The maximum Gasteiger partial charge on any atom is 0.0605 e. The van der Waals surface area contributed by atoms with Crippen molar-refractivity contribution >= 4 is 0 Å². The Labute approximate surface area is 86.2 Å². The molecule has 0 amide bonds. The quantitative estimate of drug-likeness (QED) is 0.648. The van der Waals surface area contributed by atoms with E-state index >= 15 is 0 Å². The van der Waals surface area contributed by atoms with Gasteiger partial charge in [-0.05, 0) is 26.8 Å². The molecule has 0 aromatic rings. The minimum absolute atomic E-state index is 0.258. The Morgan fingerprint density at radius 1 is 1.29 bits per heavy atom. The Hall–Kier alpha value is -0.640. The van der Waals surface area contributed by atoms with Crippen LogP contribution in [0.4, 0.5) is 0 Å². The molecule has 1 aliphatic heterocycles. The molecule has 0 radical (unpaired) electrons. The van der Waals surface area contributed by atoms with Crippen LogP contribution in [0.2, 0.25) is 0 Å². The maximum absolute atomic E-state index is 10.6. The van der Waals surface area contributed by atoms with E-state index in [1.807, 2.05) is 0 Å². The molecule has 0 aliphatic carbocycles. The molecular weight excluding hydrogens is 178 g/mol. The Morgan fingerprint density at radius 2 is 1.86 bits per heavy atom. The summed E-state index contributed by atoms with van der Waals surface area (Å²) in [4.78, 5) is 13.0. The highest BCUT2D eigenvalue weighted by atomic mass is 16.3. The highest BCUT2D eigenvalue weighted by molar-refractivity contribution is 4.82. The van der Waals surface area contributed by atoms with E-state index in [0.29, 0.717) is 0 Å². The Morgan fingerprint density at radius 3 is 2.29 bits per heavy atom. The van der Waals surface area contributed by atoms with Crippen molar-refractivity contribution in [3.63, 3.8) is 0 Å². The van der Waals surface area contributed by atoms with Crippen LogP contribution in [0.25, 0.3) is 0 Å². The molecule has 1 saturated heterocycles. The molecule has 14 heavy (non-hydrogen) atoms. The molecule has 2 atom stereocenters. The highest BCUT2D eigenvalue weighted by Gasteiger charge is 2.28. The van der Waals surface area contributed by atoms with Gasteiger partial charge in [-0.1, -0.05) is 13.3 Å². The third-order valence-corrected chi connectivity index (χ3v) is 2.87. The molecular formula is C10H21N3O. The first kappa shape index (κ1) is 11.4. The van der Waals surface area contributed by atoms with Gasteiger partial charge in [0, 0.05) is 13.1 Å². The molecule has 0 N–H and O–H groups in total. The van der Waals surface area contributed by atoms with E-state index in [0.717, 1.165) is 19.6 Å². The maximum atomic E-state index is 10.6. The van der Waals surface area contributed by atoms with Gasteiger partial charge in [0.15, 0.2) is 0 Å². The van der Waals surface area contributed by atoms with Crippen LogP contribution in [-0.2, 0) is 0 Å². The third-order valence-electron chi connectivity index (χ3n) is 2.87. The molecule has 1 fully saturated rings. The first-order chi connectivity index (χ1) is 6.69. The Balaban J connectivity index is 2.43. The van der Waals surface area contributed by atoms with Gasteiger partial charge in [-0.2, -0.15) is 0 Å². The molecule has 4 nitrogen and oxygen atoms in total. The summed E-state index contributed by atoms with van der Waals surface area (Å²) in [6.45, 7) is 9.42. The van der Waals surface area contributed by atoms with E-state index in [-0.39, 0.29) is 12.1 Å². The van der Waals surface area contributed by atoms with Gasteiger partial charge in [-0.15, -0.1) is 4.91 Å². The van der Waals surface area contributed by atoms with Crippen LogP contribution < -0.4 is 0 Å². The van der Waals surface area contributed by atoms with E-state index < -0.39 is 0 Å². The van der Waals surface area contributed by atoms with Crippen molar-refractivity contribution in [2.24, 2.45) is 5.29 Å². The second kappa shape index (κ2) is 5.29. The van der Waals surface area contributed by atoms with E-state index in [1.165, 1.54) is 12.8 Å². The third kappa shape index (κ3) is 2.67. The number of nitroso groups, excluding NO2 is 1. The highest BCUT2D eigenvalue weighted by Crippen LogP contribution is 2.15. The normalized spacial score (nSPS) is 29.2. The molecule has 1 rings (SSSR count). The van der Waals surface area contributed by atoms with Crippen LogP contribution in [0.1, 0.15) is 33.6 Å². The van der Waals surface area contributed by atoms with Crippen molar-refractivity contribution in [1.82, 2.24) is 9.91 Å². The van der Waals surface area contributed by atoms with Gasteiger partial charge in [0.2, 0.25) is 0 Å². The largest absolute Gasteiger partial charge is 0.299 e. The monoisotopic (exact) mass is 199 g/mol.